The Hall–Kier alpha value is -1.14. The molecular weight excluding hydrogens is 294 g/mol. The maximum Gasteiger partial charge on any atom is 0.191 e. The zero-order valence-electron chi connectivity index (χ0n) is 14.4. The summed E-state index contributed by atoms with van der Waals surface area (Å²) in [6.07, 6.45) is 3.67. The van der Waals surface area contributed by atoms with Crippen LogP contribution in [0.4, 0.5) is 0 Å². The van der Waals surface area contributed by atoms with Gasteiger partial charge in [-0.25, -0.2) is 4.98 Å². The molecule has 0 radical (unpaired) electrons. The van der Waals surface area contributed by atoms with E-state index in [9.17, 15) is 0 Å². The van der Waals surface area contributed by atoms with Gasteiger partial charge in [0, 0.05) is 37.5 Å². The van der Waals surface area contributed by atoms with Crippen LogP contribution >= 0.6 is 11.3 Å². The smallest absolute Gasteiger partial charge is 0.191 e. The van der Waals surface area contributed by atoms with E-state index in [0.717, 1.165) is 37.1 Å². The minimum Gasteiger partial charge on any atom is -0.356 e. The van der Waals surface area contributed by atoms with Gasteiger partial charge in [0.25, 0.3) is 0 Å². The molecule has 1 heterocycles. The number of aromatic nitrogens is 1. The molecule has 1 atom stereocenters. The molecule has 1 aromatic rings. The van der Waals surface area contributed by atoms with E-state index in [1.807, 2.05) is 7.05 Å². The highest BCUT2D eigenvalue weighted by atomic mass is 32.1. The van der Waals surface area contributed by atoms with Crippen molar-refractivity contribution in [1.29, 1.82) is 0 Å². The average Bonchev–Trinajstić information content (AvgIpc) is 3.24. The van der Waals surface area contributed by atoms with Crippen molar-refractivity contribution in [2.24, 2.45) is 10.9 Å². The predicted molar refractivity (Wildman–Crippen MR) is 94.9 cm³/mol. The zero-order chi connectivity index (χ0) is 16.1. The fraction of sp³-hybridized carbons (Fsp3) is 0.750. The van der Waals surface area contributed by atoms with Crippen LogP contribution < -0.4 is 10.6 Å². The van der Waals surface area contributed by atoms with Crippen LogP contribution in [0.25, 0.3) is 0 Å². The summed E-state index contributed by atoms with van der Waals surface area (Å²) >= 11 is 1.79. The molecule has 1 aliphatic carbocycles. The van der Waals surface area contributed by atoms with Crippen LogP contribution in [0, 0.1) is 19.8 Å². The van der Waals surface area contributed by atoms with Crippen molar-refractivity contribution in [1.82, 2.24) is 20.5 Å². The van der Waals surface area contributed by atoms with Gasteiger partial charge in [-0.3, -0.25) is 4.99 Å². The van der Waals surface area contributed by atoms with Gasteiger partial charge in [0.1, 0.15) is 0 Å². The normalized spacial score (nSPS) is 16.9. The van der Waals surface area contributed by atoms with Gasteiger partial charge in [-0.15, -0.1) is 11.3 Å². The largest absolute Gasteiger partial charge is 0.356 e. The third-order valence-electron chi connectivity index (χ3n) is 4.24. The molecule has 1 aliphatic rings. The molecule has 0 bridgehead atoms. The number of thiazole rings is 1. The SMILES string of the molecule is CN=C(NCCc1nc(C)c(C)s1)NCC(C1CC1)N(C)C. The summed E-state index contributed by atoms with van der Waals surface area (Å²) < 4.78 is 0. The van der Waals surface area contributed by atoms with E-state index in [1.54, 1.807) is 11.3 Å². The number of rotatable bonds is 7. The van der Waals surface area contributed by atoms with E-state index < -0.39 is 0 Å². The quantitative estimate of drug-likeness (QED) is 0.593. The lowest BCUT2D eigenvalue weighted by molar-refractivity contribution is 0.264. The Morgan fingerprint density at radius 1 is 1.36 bits per heavy atom. The Kier molecular flexibility index (Phi) is 6.20. The number of likely N-dealkylation sites (N-methyl/N-ethyl adjacent to an activating group) is 1. The lowest BCUT2D eigenvalue weighted by Crippen LogP contribution is -2.46. The minimum atomic E-state index is 0.600. The van der Waals surface area contributed by atoms with Crippen molar-refractivity contribution in [3.05, 3.63) is 15.6 Å². The highest BCUT2D eigenvalue weighted by molar-refractivity contribution is 7.11. The van der Waals surface area contributed by atoms with E-state index in [1.165, 1.54) is 22.7 Å². The van der Waals surface area contributed by atoms with Gasteiger partial charge in [0.2, 0.25) is 0 Å². The summed E-state index contributed by atoms with van der Waals surface area (Å²) in [7, 11) is 6.15. The Balaban J connectivity index is 1.72. The second kappa shape index (κ2) is 7.92. The fourth-order valence-electron chi connectivity index (χ4n) is 2.61. The first kappa shape index (κ1) is 17.2. The number of aryl methyl sites for hydroxylation is 2. The Labute approximate surface area is 138 Å². The summed E-state index contributed by atoms with van der Waals surface area (Å²) in [6.45, 7) is 6.02. The molecule has 2 N–H and O–H groups in total. The zero-order valence-corrected chi connectivity index (χ0v) is 15.3. The molecule has 6 heteroatoms. The van der Waals surface area contributed by atoms with Crippen LogP contribution in [-0.4, -0.2) is 56.1 Å². The molecule has 5 nitrogen and oxygen atoms in total. The molecule has 1 unspecified atom stereocenters. The lowest BCUT2D eigenvalue weighted by atomic mass is 10.1. The number of nitrogens with zero attached hydrogens (tertiary/aromatic N) is 3. The molecule has 0 aromatic carbocycles. The first-order chi connectivity index (χ1) is 10.5. The van der Waals surface area contributed by atoms with Crippen molar-refractivity contribution in [2.75, 3.05) is 34.2 Å². The fourth-order valence-corrected chi connectivity index (χ4v) is 3.54. The van der Waals surface area contributed by atoms with Gasteiger partial charge in [-0.05, 0) is 46.7 Å². The molecule has 0 amide bonds. The van der Waals surface area contributed by atoms with E-state index >= 15 is 0 Å². The highest BCUT2D eigenvalue weighted by Gasteiger charge is 2.32. The second-order valence-electron chi connectivity index (χ2n) is 6.25. The predicted octanol–water partition coefficient (Wildman–Crippen LogP) is 1.81. The summed E-state index contributed by atoms with van der Waals surface area (Å²) in [5, 5.41) is 8.04. The molecule has 2 rings (SSSR count). The van der Waals surface area contributed by atoms with Gasteiger partial charge in [0.05, 0.1) is 10.7 Å². The van der Waals surface area contributed by atoms with Gasteiger partial charge in [0.15, 0.2) is 5.96 Å². The molecule has 22 heavy (non-hydrogen) atoms. The Morgan fingerprint density at radius 2 is 2.09 bits per heavy atom. The number of guanidine groups is 1. The molecule has 1 aromatic heterocycles. The van der Waals surface area contributed by atoms with Crippen molar-refractivity contribution in [2.45, 2.75) is 39.2 Å². The third-order valence-corrected chi connectivity index (χ3v) is 5.37. The van der Waals surface area contributed by atoms with Gasteiger partial charge in [-0.1, -0.05) is 0 Å². The molecule has 0 spiro atoms. The molecule has 1 saturated carbocycles. The third kappa shape index (κ3) is 4.95. The number of aliphatic imine (C=N–C) groups is 1. The average molecular weight is 324 g/mol. The van der Waals surface area contributed by atoms with Crippen LogP contribution in [0.15, 0.2) is 4.99 Å². The van der Waals surface area contributed by atoms with Crippen molar-refractivity contribution >= 4 is 17.3 Å². The molecule has 124 valence electrons. The van der Waals surface area contributed by atoms with E-state index in [4.69, 9.17) is 0 Å². The van der Waals surface area contributed by atoms with Crippen LogP contribution in [-0.2, 0) is 6.42 Å². The maximum atomic E-state index is 4.57. The molecule has 0 aliphatic heterocycles. The highest BCUT2D eigenvalue weighted by Crippen LogP contribution is 2.34. The van der Waals surface area contributed by atoms with Crippen LogP contribution in [0.1, 0.15) is 28.4 Å². The summed E-state index contributed by atoms with van der Waals surface area (Å²) in [6, 6.07) is 0.600. The van der Waals surface area contributed by atoms with Gasteiger partial charge >= 0.3 is 0 Å². The summed E-state index contributed by atoms with van der Waals surface area (Å²) in [5.41, 5.74) is 1.15. The molecule has 0 saturated heterocycles. The monoisotopic (exact) mass is 323 g/mol. The van der Waals surface area contributed by atoms with Gasteiger partial charge < -0.3 is 15.5 Å². The van der Waals surface area contributed by atoms with E-state index in [0.29, 0.717) is 6.04 Å². The van der Waals surface area contributed by atoms with Crippen molar-refractivity contribution < 1.29 is 0 Å². The maximum absolute atomic E-state index is 4.57. The summed E-state index contributed by atoms with van der Waals surface area (Å²) in [5.74, 6) is 1.74. The van der Waals surface area contributed by atoms with Crippen LogP contribution in [0.2, 0.25) is 0 Å². The number of hydrogen-bond acceptors (Lipinski definition) is 4. The standard InChI is InChI=1S/C16H29N5S/c1-11-12(2)22-15(20-11)8-9-18-16(17-3)19-10-14(21(4)5)13-6-7-13/h13-14H,6-10H2,1-5H3,(H2,17,18,19). The van der Waals surface area contributed by atoms with E-state index in [2.05, 4.69) is 53.5 Å². The molecule has 1 fully saturated rings. The minimum absolute atomic E-state index is 0.600. The van der Waals surface area contributed by atoms with Crippen LogP contribution in [0.3, 0.4) is 0 Å². The first-order valence-electron chi connectivity index (χ1n) is 8.05. The van der Waals surface area contributed by atoms with Crippen LogP contribution in [0.5, 0.6) is 0 Å². The summed E-state index contributed by atoms with van der Waals surface area (Å²) in [4.78, 5) is 12.5. The molecular formula is C16H29N5S. The number of nitrogens with one attached hydrogen (secondary N) is 2. The van der Waals surface area contributed by atoms with Gasteiger partial charge in [-0.2, -0.15) is 0 Å². The second-order valence-corrected chi connectivity index (χ2v) is 7.54. The Bertz CT molecular complexity index is 483. The number of hydrogen-bond donors (Lipinski definition) is 2. The van der Waals surface area contributed by atoms with Crippen molar-refractivity contribution in [3.8, 4) is 0 Å². The topological polar surface area (TPSA) is 52.6 Å². The van der Waals surface area contributed by atoms with Crippen molar-refractivity contribution in [3.63, 3.8) is 0 Å². The lowest BCUT2D eigenvalue weighted by Gasteiger charge is -2.25. The van der Waals surface area contributed by atoms with E-state index in [-0.39, 0.29) is 0 Å². The first-order valence-corrected chi connectivity index (χ1v) is 8.86. The Morgan fingerprint density at radius 3 is 2.59 bits per heavy atom.